The molecule has 8 heteroatoms. The van der Waals surface area contributed by atoms with E-state index in [1.165, 1.54) is 21.3 Å². The van der Waals surface area contributed by atoms with Crippen LogP contribution in [-0.2, 0) is 0 Å². The average molecular weight is 450 g/mol. The normalized spacial score (nSPS) is 13.4. The maximum absolute atomic E-state index is 13.1. The van der Waals surface area contributed by atoms with Crippen LogP contribution in [-0.4, -0.2) is 38.9 Å². The van der Waals surface area contributed by atoms with Gasteiger partial charge >= 0.3 is 0 Å². The first-order valence-electron chi connectivity index (χ1n) is 9.68. The number of para-hydroxylation sites is 1. The van der Waals surface area contributed by atoms with Crippen molar-refractivity contribution in [3.05, 3.63) is 82.4 Å². The number of carbonyl (C=O) groups is 1. The van der Waals surface area contributed by atoms with E-state index < -0.39 is 0 Å². The van der Waals surface area contributed by atoms with Crippen molar-refractivity contribution in [3.63, 3.8) is 0 Å². The average Bonchev–Trinajstić information content (AvgIpc) is 3.16. The fourth-order valence-corrected chi connectivity index (χ4v) is 3.52. The highest BCUT2D eigenvalue weighted by Gasteiger charge is 2.24. The monoisotopic (exact) mass is 449 g/mol. The number of hydrogen-bond donors (Lipinski definition) is 1. The minimum Gasteiger partial charge on any atom is -0.493 e. The number of methoxy groups -OCH3 is 3. The van der Waals surface area contributed by atoms with E-state index in [1.807, 2.05) is 36.4 Å². The van der Waals surface area contributed by atoms with Gasteiger partial charge in [-0.05, 0) is 24.3 Å². The molecule has 7 nitrogen and oxygen atoms in total. The molecule has 1 heterocycles. The highest BCUT2D eigenvalue weighted by atomic mass is 35.5. The van der Waals surface area contributed by atoms with Gasteiger partial charge in [0.15, 0.2) is 17.3 Å². The Labute approximate surface area is 190 Å². The molecule has 0 saturated carbocycles. The summed E-state index contributed by atoms with van der Waals surface area (Å²) < 4.78 is 16.0. The summed E-state index contributed by atoms with van der Waals surface area (Å²) in [7, 11) is 4.49. The number of benzene rings is 3. The first kappa shape index (κ1) is 21.4. The quantitative estimate of drug-likeness (QED) is 0.615. The number of halogens is 1. The third-order valence-electron chi connectivity index (χ3n) is 4.88. The second kappa shape index (κ2) is 9.11. The highest BCUT2D eigenvalue weighted by molar-refractivity contribution is 6.33. The minimum absolute atomic E-state index is 0.330. The molecule has 32 heavy (non-hydrogen) atoms. The van der Waals surface area contributed by atoms with Crippen LogP contribution in [0.2, 0.25) is 5.02 Å². The van der Waals surface area contributed by atoms with Crippen molar-refractivity contribution in [1.82, 2.24) is 5.32 Å². The van der Waals surface area contributed by atoms with Crippen molar-refractivity contribution >= 4 is 34.9 Å². The number of nitrogens with zero attached hydrogens (tertiary/aromatic N) is 2. The van der Waals surface area contributed by atoms with Crippen molar-refractivity contribution in [3.8, 4) is 17.2 Å². The van der Waals surface area contributed by atoms with Crippen LogP contribution in [0.3, 0.4) is 0 Å². The lowest BCUT2D eigenvalue weighted by Gasteiger charge is -2.14. The van der Waals surface area contributed by atoms with Crippen LogP contribution >= 0.6 is 11.6 Å². The Balaban J connectivity index is 1.70. The molecule has 1 N–H and O–H groups in total. The zero-order chi connectivity index (χ0) is 22.7. The lowest BCUT2D eigenvalue weighted by Crippen LogP contribution is -2.30. The summed E-state index contributed by atoms with van der Waals surface area (Å²) in [4.78, 5) is 22.2. The van der Waals surface area contributed by atoms with Gasteiger partial charge in [-0.15, -0.1) is 0 Å². The zero-order valence-electron chi connectivity index (χ0n) is 17.7. The number of nitrogens with one attached hydrogen (secondary N) is 1. The Hall–Kier alpha value is -3.84. The van der Waals surface area contributed by atoms with Crippen molar-refractivity contribution < 1.29 is 19.0 Å². The summed E-state index contributed by atoms with van der Waals surface area (Å²) in [5.41, 5.74) is 2.49. The number of rotatable bonds is 5. The SMILES string of the molecule is COc1cc(C(=O)NC2=NC(=Nc3ccccc3Cl)c3ccccc32)cc(OC)c1OC. The van der Waals surface area contributed by atoms with Crippen LogP contribution in [0.4, 0.5) is 5.69 Å². The number of amidine groups is 2. The Morgan fingerprint density at radius 3 is 2.16 bits per heavy atom. The highest BCUT2D eigenvalue weighted by Crippen LogP contribution is 2.38. The molecule has 0 aliphatic carbocycles. The molecule has 0 aromatic heterocycles. The molecule has 0 unspecified atom stereocenters. The third-order valence-corrected chi connectivity index (χ3v) is 5.20. The predicted molar refractivity (Wildman–Crippen MR) is 124 cm³/mol. The van der Waals surface area contributed by atoms with E-state index in [-0.39, 0.29) is 5.91 Å². The Kier molecular flexibility index (Phi) is 6.09. The van der Waals surface area contributed by atoms with Crippen LogP contribution in [0.25, 0.3) is 0 Å². The molecule has 0 bridgehead atoms. The van der Waals surface area contributed by atoms with Gasteiger partial charge in [0, 0.05) is 16.7 Å². The van der Waals surface area contributed by atoms with Gasteiger partial charge in [0.05, 0.1) is 32.0 Å². The smallest absolute Gasteiger partial charge is 0.257 e. The summed E-state index contributed by atoms with van der Waals surface area (Å²) in [6, 6.07) is 17.9. The lowest BCUT2D eigenvalue weighted by molar-refractivity contribution is 0.0976. The number of ether oxygens (including phenoxy) is 3. The van der Waals surface area contributed by atoms with E-state index in [0.29, 0.717) is 45.2 Å². The molecule has 0 radical (unpaired) electrons. The molecule has 0 fully saturated rings. The first-order chi connectivity index (χ1) is 15.5. The molecule has 1 aliphatic heterocycles. The summed E-state index contributed by atoms with van der Waals surface area (Å²) in [5.74, 6) is 1.65. The molecular weight excluding hydrogens is 430 g/mol. The van der Waals surface area contributed by atoms with E-state index in [9.17, 15) is 4.79 Å². The first-order valence-corrected chi connectivity index (χ1v) is 10.1. The van der Waals surface area contributed by atoms with Crippen LogP contribution in [0.15, 0.2) is 70.6 Å². The number of aliphatic imine (C=N–C) groups is 2. The third kappa shape index (κ3) is 4.02. The van der Waals surface area contributed by atoms with Crippen molar-refractivity contribution in [2.24, 2.45) is 9.98 Å². The van der Waals surface area contributed by atoms with E-state index >= 15 is 0 Å². The molecule has 3 aromatic carbocycles. The zero-order valence-corrected chi connectivity index (χ0v) is 18.4. The van der Waals surface area contributed by atoms with Gasteiger partial charge in [0.25, 0.3) is 5.91 Å². The molecule has 4 rings (SSSR count). The summed E-state index contributed by atoms with van der Waals surface area (Å²) >= 11 is 6.25. The van der Waals surface area contributed by atoms with Gasteiger partial charge in [-0.2, -0.15) is 0 Å². The summed E-state index contributed by atoms with van der Waals surface area (Å²) in [6.07, 6.45) is 0. The number of amides is 1. The molecule has 162 valence electrons. The summed E-state index contributed by atoms with van der Waals surface area (Å²) in [5, 5.41) is 3.38. The fraction of sp³-hybridized carbons (Fsp3) is 0.125. The van der Waals surface area contributed by atoms with Crippen molar-refractivity contribution in [2.45, 2.75) is 0 Å². The fourth-order valence-electron chi connectivity index (χ4n) is 3.34. The van der Waals surface area contributed by atoms with Gasteiger partial charge in [0.1, 0.15) is 5.84 Å². The Bertz CT molecular complexity index is 1230. The van der Waals surface area contributed by atoms with Gasteiger partial charge in [0.2, 0.25) is 5.75 Å². The maximum atomic E-state index is 13.1. The van der Waals surface area contributed by atoms with Crippen LogP contribution in [0, 0.1) is 0 Å². The number of hydrogen-bond acceptors (Lipinski definition) is 5. The van der Waals surface area contributed by atoms with Gasteiger partial charge in [-0.1, -0.05) is 48.0 Å². The van der Waals surface area contributed by atoms with Gasteiger partial charge < -0.3 is 19.5 Å². The maximum Gasteiger partial charge on any atom is 0.257 e. The molecule has 0 saturated heterocycles. The largest absolute Gasteiger partial charge is 0.493 e. The predicted octanol–water partition coefficient (Wildman–Crippen LogP) is 4.63. The molecule has 1 aliphatic rings. The van der Waals surface area contributed by atoms with E-state index in [1.54, 1.807) is 24.3 Å². The second-order valence-corrected chi connectivity index (χ2v) is 7.17. The molecule has 0 spiro atoms. The standard InChI is InChI=1S/C24H20ClN3O4/c1-30-19-12-14(13-20(31-2)21(19)32-3)24(29)28-23-16-9-5-4-8-15(16)22(27-23)26-18-11-7-6-10-17(18)25/h4-13H,1-3H3,(H,26,27,28,29). The second-order valence-electron chi connectivity index (χ2n) is 6.76. The molecule has 3 aromatic rings. The van der Waals surface area contributed by atoms with Crippen LogP contribution in [0.1, 0.15) is 21.5 Å². The van der Waals surface area contributed by atoms with Gasteiger partial charge in [-0.25, -0.2) is 9.98 Å². The lowest BCUT2D eigenvalue weighted by atomic mass is 10.1. The van der Waals surface area contributed by atoms with Gasteiger partial charge in [-0.3, -0.25) is 4.79 Å². The molecular formula is C24H20ClN3O4. The van der Waals surface area contributed by atoms with Crippen molar-refractivity contribution in [2.75, 3.05) is 21.3 Å². The number of fused-ring (bicyclic) bond motifs is 1. The van der Waals surface area contributed by atoms with Crippen molar-refractivity contribution in [1.29, 1.82) is 0 Å². The van der Waals surface area contributed by atoms with E-state index in [4.69, 9.17) is 25.8 Å². The van der Waals surface area contributed by atoms with E-state index in [2.05, 4.69) is 15.3 Å². The molecule has 0 atom stereocenters. The summed E-state index contributed by atoms with van der Waals surface area (Å²) in [6.45, 7) is 0. The Morgan fingerprint density at radius 2 is 1.53 bits per heavy atom. The topological polar surface area (TPSA) is 81.5 Å². The Morgan fingerprint density at radius 1 is 0.906 bits per heavy atom. The minimum atomic E-state index is -0.378. The van der Waals surface area contributed by atoms with Crippen LogP contribution < -0.4 is 19.5 Å². The number of carbonyl (C=O) groups excluding carboxylic acids is 1. The van der Waals surface area contributed by atoms with E-state index in [0.717, 1.165) is 11.1 Å². The van der Waals surface area contributed by atoms with Crippen LogP contribution in [0.5, 0.6) is 17.2 Å². The molecule has 1 amide bonds.